The number of halogens is 1. The third-order valence-electron chi connectivity index (χ3n) is 3.43. The third-order valence-corrected chi connectivity index (χ3v) is 4.22. The van der Waals surface area contributed by atoms with E-state index in [1.807, 2.05) is 30.5 Å². The molecule has 2 aromatic carbocycles. The molecule has 0 saturated carbocycles. The summed E-state index contributed by atoms with van der Waals surface area (Å²) in [6.45, 7) is -0.0602. The molecule has 6 heteroatoms. The van der Waals surface area contributed by atoms with Crippen molar-refractivity contribution in [3.8, 4) is 0 Å². The number of hydrogen-bond acceptors (Lipinski definition) is 3. The number of anilines is 1. The van der Waals surface area contributed by atoms with Gasteiger partial charge in [0, 0.05) is 18.0 Å². The van der Waals surface area contributed by atoms with Crippen molar-refractivity contribution in [2.45, 2.75) is 4.90 Å². The Morgan fingerprint density at radius 2 is 1.84 bits per heavy atom. The van der Waals surface area contributed by atoms with Crippen LogP contribution in [-0.4, -0.2) is 36.6 Å². The Balaban J connectivity index is 1.91. The fourth-order valence-corrected chi connectivity index (χ4v) is 2.65. The zero-order valence-electron chi connectivity index (χ0n) is 14.0. The summed E-state index contributed by atoms with van der Waals surface area (Å²) in [5, 5.41) is 2.81. The average Bonchev–Trinajstić information content (AvgIpc) is 2.61. The quantitative estimate of drug-likeness (QED) is 0.633. The van der Waals surface area contributed by atoms with Crippen LogP contribution in [0, 0.1) is 5.82 Å². The van der Waals surface area contributed by atoms with Crippen molar-refractivity contribution in [2.75, 3.05) is 25.2 Å². The van der Waals surface area contributed by atoms with Gasteiger partial charge in [-0.1, -0.05) is 24.3 Å². The molecule has 0 bridgehead atoms. The van der Waals surface area contributed by atoms with E-state index in [9.17, 15) is 14.0 Å². The fraction of sp³-hybridized carbons (Fsp3) is 0.158. The molecule has 4 nitrogen and oxygen atoms in total. The van der Waals surface area contributed by atoms with Crippen molar-refractivity contribution in [3.63, 3.8) is 0 Å². The molecule has 0 aliphatic rings. The van der Waals surface area contributed by atoms with Crippen molar-refractivity contribution >= 4 is 35.3 Å². The molecule has 2 amide bonds. The van der Waals surface area contributed by atoms with Crippen LogP contribution in [-0.2, 0) is 9.59 Å². The monoisotopic (exact) mass is 358 g/mol. The lowest BCUT2D eigenvalue weighted by molar-refractivity contribution is -0.129. The number of rotatable bonds is 6. The van der Waals surface area contributed by atoms with Gasteiger partial charge >= 0.3 is 0 Å². The number of carbonyl (C=O) groups is 2. The van der Waals surface area contributed by atoms with Crippen LogP contribution in [0.3, 0.4) is 0 Å². The smallest absolute Gasteiger partial charge is 0.246 e. The van der Waals surface area contributed by atoms with Gasteiger partial charge in [0.15, 0.2) is 0 Å². The van der Waals surface area contributed by atoms with Crippen molar-refractivity contribution in [3.05, 3.63) is 66.0 Å². The number of amides is 2. The SMILES string of the molecule is CSc1ccccc1NC(=O)CN(C)C(=O)C=Cc1ccc(F)cc1. The maximum Gasteiger partial charge on any atom is 0.246 e. The minimum absolute atomic E-state index is 0.0602. The molecule has 1 N–H and O–H groups in total. The Hall–Kier alpha value is -2.60. The van der Waals surface area contributed by atoms with Crippen molar-refractivity contribution in [1.29, 1.82) is 0 Å². The number of thioether (sulfide) groups is 1. The summed E-state index contributed by atoms with van der Waals surface area (Å²) in [7, 11) is 1.55. The molecule has 130 valence electrons. The van der Waals surface area contributed by atoms with Crippen LogP contribution in [0.2, 0.25) is 0 Å². The second-order valence-corrected chi connectivity index (χ2v) is 6.18. The van der Waals surface area contributed by atoms with Crippen LogP contribution in [0.25, 0.3) is 6.08 Å². The summed E-state index contributed by atoms with van der Waals surface area (Å²) in [6, 6.07) is 13.3. The predicted molar refractivity (Wildman–Crippen MR) is 99.9 cm³/mol. The van der Waals surface area contributed by atoms with Gasteiger partial charge < -0.3 is 10.2 Å². The van der Waals surface area contributed by atoms with Gasteiger partial charge in [0.1, 0.15) is 5.82 Å². The lowest BCUT2D eigenvalue weighted by atomic mass is 10.2. The number of para-hydroxylation sites is 1. The molecule has 0 spiro atoms. The van der Waals surface area contributed by atoms with E-state index in [4.69, 9.17) is 0 Å². The molecule has 0 aromatic heterocycles. The van der Waals surface area contributed by atoms with Gasteiger partial charge in [-0.2, -0.15) is 0 Å². The molecule has 0 heterocycles. The van der Waals surface area contributed by atoms with Crippen LogP contribution >= 0.6 is 11.8 Å². The Bertz CT molecular complexity index is 775. The molecule has 2 rings (SSSR count). The largest absolute Gasteiger partial charge is 0.333 e. The number of hydrogen-bond donors (Lipinski definition) is 1. The molecule has 0 radical (unpaired) electrons. The maximum atomic E-state index is 12.8. The second kappa shape index (κ2) is 9.03. The zero-order valence-corrected chi connectivity index (χ0v) is 14.8. The fourth-order valence-electron chi connectivity index (χ4n) is 2.10. The topological polar surface area (TPSA) is 49.4 Å². The summed E-state index contributed by atoms with van der Waals surface area (Å²) < 4.78 is 12.8. The Morgan fingerprint density at radius 3 is 2.52 bits per heavy atom. The summed E-state index contributed by atoms with van der Waals surface area (Å²) in [6.07, 6.45) is 4.87. The molecule has 0 unspecified atom stereocenters. The number of nitrogens with one attached hydrogen (secondary N) is 1. The van der Waals surface area contributed by atoms with Crippen molar-refractivity contribution in [1.82, 2.24) is 4.90 Å². The highest BCUT2D eigenvalue weighted by Crippen LogP contribution is 2.24. The molecular formula is C19H19FN2O2S. The first-order valence-electron chi connectivity index (χ1n) is 7.61. The molecule has 0 aliphatic carbocycles. The van der Waals surface area contributed by atoms with Gasteiger partial charge in [-0.05, 0) is 42.2 Å². The summed E-state index contributed by atoms with van der Waals surface area (Å²) in [5.74, 6) is -0.909. The highest BCUT2D eigenvalue weighted by Gasteiger charge is 2.12. The summed E-state index contributed by atoms with van der Waals surface area (Å²) >= 11 is 1.54. The second-order valence-electron chi connectivity index (χ2n) is 5.33. The van der Waals surface area contributed by atoms with Gasteiger partial charge in [0.05, 0.1) is 12.2 Å². The first-order chi connectivity index (χ1) is 12.0. The summed E-state index contributed by atoms with van der Waals surface area (Å²) in [5.41, 5.74) is 1.43. The Kier molecular flexibility index (Phi) is 6.77. The lowest BCUT2D eigenvalue weighted by Crippen LogP contribution is -2.33. The molecule has 0 saturated heterocycles. The normalized spacial score (nSPS) is 10.7. The van der Waals surface area contributed by atoms with E-state index in [1.54, 1.807) is 25.3 Å². The zero-order chi connectivity index (χ0) is 18.2. The van der Waals surface area contributed by atoms with Crippen LogP contribution in [0.4, 0.5) is 10.1 Å². The van der Waals surface area contributed by atoms with Gasteiger partial charge in [-0.15, -0.1) is 11.8 Å². The standard InChI is InChI=1S/C19H19FN2O2S/c1-22(19(24)12-9-14-7-10-15(20)11-8-14)13-18(23)21-16-5-3-4-6-17(16)25-2/h3-12H,13H2,1-2H3,(H,21,23). The predicted octanol–water partition coefficient (Wildman–Crippen LogP) is 3.66. The van der Waals surface area contributed by atoms with Gasteiger partial charge in [-0.25, -0.2) is 4.39 Å². The van der Waals surface area contributed by atoms with E-state index < -0.39 is 0 Å². The van der Waals surface area contributed by atoms with E-state index in [0.717, 1.165) is 10.6 Å². The highest BCUT2D eigenvalue weighted by molar-refractivity contribution is 7.98. The molecule has 25 heavy (non-hydrogen) atoms. The van der Waals surface area contributed by atoms with Crippen LogP contribution in [0.1, 0.15) is 5.56 Å². The van der Waals surface area contributed by atoms with Crippen molar-refractivity contribution in [2.24, 2.45) is 0 Å². The third kappa shape index (κ3) is 5.76. The van der Waals surface area contributed by atoms with Crippen LogP contribution < -0.4 is 5.32 Å². The molecular weight excluding hydrogens is 339 g/mol. The van der Waals surface area contributed by atoms with E-state index in [0.29, 0.717) is 5.56 Å². The summed E-state index contributed by atoms with van der Waals surface area (Å²) in [4.78, 5) is 26.5. The van der Waals surface area contributed by atoms with Gasteiger partial charge in [0.25, 0.3) is 0 Å². The van der Waals surface area contributed by atoms with Gasteiger partial charge in [0.2, 0.25) is 11.8 Å². The van der Waals surface area contributed by atoms with Crippen LogP contribution in [0.15, 0.2) is 59.5 Å². The van der Waals surface area contributed by atoms with E-state index in [-0.39, 0.29) is 24.2 Å². The molecule has 2 aromatic rings. The Labute approximate surface area is 150 Å². The molecule has 0 aliphatic heterocycles. The Morgan fingerprint density at radius 1 is 1.16 bits per heavy atom. The number of nitrogens with zero attached hydrogens (tertiary/aromatic N) is 1. The van der Waals surface area contributed by atoms with E-state index >= 15 is 0 Å². The average molecular weight is 358 g/mol. The molecule has 0 atom stereocenters. The van der Waals surface area contributed by atoms with E-state index in [1.165, 1.54) is 34.9 Å². The number of likely N-dealkylation sites (N-methyl/N-ethyl adjacent to an activating group) is 1. The number of carbonyl (C=O) groups excluding carboxylic acids is 2. The van der Waals surface area contributed by atoms with Gasteiger partial charge in [-0.3, -0.25) is 9.59 Å². The van der Waals surface area contributed by atoms with Crippen LogP contribution in [0.5, 0.6) is 0 Å². The maximum absolute atomic E-state index is 12.8. The first-order valence-corrected chi connectivity index (χ1v) is 8.83. The lowest BCUT2D eigenvalue weighted by Gasteiger charge is -2.15. The van der Waals surface area contributed by atoms with E-state index in [2.05, 4.69) is 5.32 Å². The minimum atomic E-state index is -0.331. The first kappa shape index (κ1) is 18.7. The van der Waals surface area contributed by atoms with Crippen molar-refractivity contribution < 1.29 is 14.0 Å². The number of benzene rings is 2. The molecule has 0 fully saturated rings. The minimum Gasteiger partial charge on any atom is -0.333 e. The highest BCUT2D eigenvalue weighted by atomic mass is 32.2.